The lowest BCUT2D eigenvalue weighted by molar-refractivity contribution is -0.134. The third-order valence-electron chi connectivity index (χ3n) is 6.25. The predicted molar refractivity (Wildman–Crippen MR) is 120 cm³/mol. The van der Waals surface area contributed by atoms with Gasteiger partial charge < -0.3 is 19.1 Å². The number of ether oxygens (including phenoxy) is 1. The van der Waals surface area contributed by atoms with Crippen molar-refractivity contribution in [1.29, 1.82) is 0 Å². The number of amides is 1. The lowest BCUT2D eigenvalue weighted by Gasteiger charge is -2.37. The predicted octanol–water partition coefficient (Wildman–Crippen LogP) is 4.38. The van der Waals surface area contributed by atoms with Crippen LogP contribution in [-0.4, -0.2) is 49.3 Å². The highest BCUT2D eigenvalue weighted by molar-refractivity contribution is 6.30. The largest absolute Gasteiger partial charge is 0.497 e. The van der Waals surface area contributed by atoms with Crippen molar-refractivity contribution in [3.8, 4) is 17.1 Å². The highest BCUT2D eigenvalue weighted by atomic mass is 35.5. The molecule has 1 aromatic heterocycles. The maximum atomic E-state index is 13.4. The topological polar surface area (TPSA) is 58.8 Å². The first-order valence-electron chi connectivity index (χ1n) is 10.5. The zero-order valence-electron chi connectivity index (χ0n) is 17.4. The van der Waals surface area contributed by atoms with Crippen LogP contribution in [0.5, 0.6) is 5.75 Å². The Balaban J connectivity index is 1.29. The van der Waals surface area contributed by atoms with Crippen molar-refractivity contribution in [3.05, 3.63) is 65.3 Å². The molecule has 1 amide bonds. The number of anilines is 1. The first-order chi connectivity index (χ1) is 15.1. The van der Waals surface area contributed by atoms with E-state index >= 15 is 0 Å². The van der Waals surface area contributed by atoms with Gasteiger partial charge in [-0.25, -0.2) is 0 Å². The molecule has 1 saturated heterocycles. The smallest absolute Gasteiger partial charge is 0.235 e. The van der Waals surface area contributed by atoms with Gasteiger partial charge in [-0.2, -0.15) is 0 Å². The van der Waals surface area contributed by atoms with Crippen molar-refractivity contribution >= 4 is 23.2 Å². The lowest BCUT2D eigenvalue weighted by Crippen LogP contribution is -2.51. The Kier molecular flexibility index (Phi) is 5.10. The average molecular weight is 438 g/mol. The van der Waals surface area contributed by atoms with E-state index in [4.69, 9.17) is 20.9 Å². The van der Waals surface area contributed by atoms with Crippen LogP contribution < -0.4 is 9.64 Å². The normalized spacial score (nSPS) is 17.5. The fourth-order valence-electron chi connectivity index (χ4n) is 4.26. The summed E-state index contributed by atoms with van der Waals surface area (Å²) in [7, 11) is 1.63. The number of rotatable bonds is 5. The Morgan fingerprint density at radius 1 is 1.06 bits per heavy atom. The number of benzene rings is 2. The first kappa shape index (κ1) is 19.9. The summed E-state index contributed by atoms with van der Waals surface area (Å²) < 4.78 is 10.9. The molecule has 31 heavy (non-hydrogen) atoms. The summed E-state index contributed by atoms with van der Waals surface area (Å²) in [5.74, 6) is 1.56. The zero-order chi connectivity index (χ0) is 21.4. The van der Waals surface area contributed by atoms with Crippen LogP contribution in [0.15, 0.2) is 59.1 Å². The monoisotopic (exact) mass is 437 g/mol. The van der Waals surface area contributed by atoms with Crippen molar-refractivity contribution in [2.24, 2.45) is 0 Å². The van der Waals surface area contributed by atoms with Crippen LogP contribution in [0.25, 0.3) is 11.3 Å². The summed E-state index contributed by atoms with van der Waals surface area (Å²) in [6.07, 6.45) is 1.62. The molecule has 0 atom stereocenters. The van der Waals surface area contributed by atoms with Gasteiger partial charge in [-0.1, -0.05) is 35.0 Å². The Morgan fingerprint density at radius 2 is 1.84 bits per heavy atom. The third kappa shape index (κ3) is 3.76. The number of methoxy groups -OCH3 is 1. The molecule has 2 heterocycles. The van der Waals surface area contributed by atoms with E-state index in [0.717, 1.165) is 53.6 Å². The highest BCUT2D eigenvalue weighted by Crippen LogP contribution is 2.50. The number of hydrogen-bond donors (Lipinski definition) is 0. The van der Waals surface area contributed by atoms with E-state index in [1.165, 1.54) is 0 Å². The van der Waals surface area contributed by atoms with Gasteiger partial charge in [-0.05, 0) is 43.2 Å². The molecule has 0 unspecified atom stereocenters. The lowest BCUT2D eigenvalue weighted by atomic mass is 9.99. The van der Waals surface area contributed by atoms with Gasteiger partial charge >= 0.3 is 0 Å². The Hall–Kier alpha value is -2.99. The standard InChI is InChI=1S/C24H24ClN3O3/c1-30-20-7-2-4-17(14-20)21-16-22(26-31-21)24(8-9-24)23(29)28-12-10-27(11-13-28)19-6-3-5-18(25)15-19/h2-7,14-16H,8-13H2,1H3. The van der Waals surface area contributed by atoms with Crippen LogP contribution in [0.4, 0.5) is 5.69 Å². The van der Waals surface area contributed by atoms with Gasteiger partial charge in [0.1, 0.15) is 5.75 Å². The van der Waals surface area contributed by atoms with E-state index in [1.807, 2.05) is 53.4 Å². The van der Waals surface area contributed by atoms with Crippen LogP contribution >= 0.6 is 11.6 Å². The molecule has 7 heteroatoms. The summed E-state index contributed by atoms with van der Waals surface area (Å²) in [6.45, 7) is 2.95. The first-order valence-corrected chi connectivity index (χ1v) is 10.9. The molecule has 2 aromatic carbocycles. The van der Waals surface area contributed by atoms with Crippen LogP contribution in [0.2, 0.25) is 5.02 Å². The number of carbonyl (C=O) groups is 1. The molecule has 1 aliphatic heterocycles. The van der Waals surface area contributed by atoms with Gasteiger partial charge in [0, 0.05) is 48.5 Å². The Labute approximate surface area is 186 Å². The van der Waals surface area contributed by atoms with Crippen molar-refractivity contribution in [2.75, 3.05) is 38.2 Å². The Morgan fingerprint density at radius 3 is 2.55 bits per heavy atom. The van der Waals surface area contributed by atoms with E-state index in [0.29, 0.717) is 18.8 Å². The number of aromatic nitrogens is 1. The minimum Gasteiger partial charge on any atom is -0.497 e. The number of halogens is 1. The minimum atomic E-state index is -0.543. The molecular formula is C24H24ClN3O3. The maximum Gasteiger partial charge on any atom is 0.235 e. The number of piperazine rings is 1. The fraction of sp³-hybridized carbons (Fsp3) is 0.333. The number of hydrogen-bond acceptors (Lipinski definition) is 5. The fourth-order valence-corrected chi connectivity index (χ4v) is 4.45. The van der Waals surface area contributed by atoms with Gasteiger partial charge in [0.25, 0.3) is 0 Å². The van der Waals surface area contributed by atoms with Gasteiger partial charge in [0.2, 0.25) is 5.91 Å². The van der Waals surface area contributed by atoms with Gasteiger partial charge in [0.05, 0.1) is 18.2 Å². The van der Waals surface area contributed by atoms with Crippen molar-refractivity contribution in [1.82, 2.24) is 10.1 Å². The van der Waals surface area contributed by atoms with E-state index in [2.05, 4.69) is 16.1 Å². The molecule has 0 bridgehead atoms. The number of carbonyl (C=O) groups excluding carboxylic acids is 1. The van der Waals surface area contributed by atoms with E-state index in [1.54, 1.807) is 7.11 Å². The van der Waals surface area contributed by atoms with Gasteiger partial charge in [0.15, 0.2) is 5.76 Å². The van der Waals surface area contributed by atoms with Crippen LogP contribution in [0.1, 0.15) is 18.5 Å². The molecule has 0 radical (unpaired) electrons. The summed E-state index contributed by atoms with van der Waals surface area (Å²) in [5.41, 5.74) is 2.17. The van der Waals surface area contributed by atoms with E-state index in [-0.39, 0.29) is 5.91 Å². The molecule has 1 aliphatic carbocycles. The quantitative estimate of drug-likeness (QED) is 0.592. The van der Waals surface area contributed by atoms with Crippen LogP contribution in [0, 0.1) is 0 Å². The van der Waals surface area contributed by atoms with E-state index < -0.39 is 5.41 Å². The van der Waals surface area contributed by atoms with Crippen molar-refractivity contribution in [2.45, 2.75) is 18.3 Å². The van der Waals surface area contributed by atoms with Gasteiger partial charge in [-0.3, -0.25) is 4.79 Å². The van der Waals surface area contributed by atoms with Crippen molar-refractivity contribution < 1.29 is 14.1 Å². The van der Waals surface area contributed by atoms with Crippen LogP contribution in [0.3, 0.4) is 0 Å². The molecule has 2 aliphatic rings. The van der Waals surface area contributed by atoms with E-state index in [9.17, 15) is 4.79 Å². The summed E-state index contributed by atoms with van der Waals surface area (Å²) >= 11 is 6.13. The second-order valence-corrected chi connectivity index (χ2v) is 8.59. The molecule has 0 spiro atoms. The van der Waals surface area contributed by atoms with Crippen molar-refractivity contribution in [3.63, 3.8) is 0 Å². The molecule has 1 saturated carbocycles. The molecule has 3 aromatic rings. The maximum absolute atomic E-state index is 13.4. The molecule has 5 rings (SSSR count). The second-order valence-electron chi connectivity index (χ2n) is 8.15. The van der Waals surface area contributed by atoms with Crippen LogP contribution in [-0.2, 0) is 10.2 Å². The molecule has 160 valence electrons. The van der Waals surface area contributed by atoms with Gasteiger partial charge in [-0.15, -0.1) is 0 Å². The summed E-state index contributed by atoms with van der Waals surface area (Å²) in [4.78, 5) is 17.6. The summed E-state index contributed by atoms with van der Waals surface area (Å²) in [6, 6.07) is 17.4. The molecular weight excluding hydrogens is 414 g/mol. The average Bonchev–Trinajstić information content (AvgIpc) is 3.47. The highest BCUT2D eigenvalue weighted by Gasteiger charge is 2.55. The minimum absolute atomic E-state index is 0.156. The molecule has 6 nitrogen and oxygen atoms in total. The second kappa shape index (κ2) is 7.93. The summed E-state index contributed by atoms with van der Waals surface area (Å²) in [5, 5.41) is 5.01. The molecule has 0 N–H and O–H groups in total. The molecule has 2 fully saturated rings. The Bertz CT molecular complexity index is 1100. The SMILES string of the molecule is COc1cccc(-c2cc(C3(C(=O)N4CCN(c5cccc(Cl)c5)CC4)CC3)no2)c1. The third-order valence-corrected chi connectivity index (χ3v) is 6.49. The number of nitrogens with zero attached hydrogens (tertiary/aromatic N) is 3. The zero-order valence-corrected chi connectivity index (χ0v) is 18.1.